The molecule has 1 saturated heterocycles. The molecule has 0 radical (unpaired) electrons. The zero-order valence-corrected chi connectivity index (χ0v) is 14.9. The highest BCUT2D eigenvalue weighted by Gasteiger charge is 2.33. The minimum Gasteiger partial charge on any atom is -0.489 e. The van der Waals surface area contributed by atoms with Crippen molar-refractivity contribution in [3.63, 3.8) is 0 Å². The lowest BCUT2D eigenvalue weighted by Gasteiger charge is -2.19. The number of ether oxygens (including phenoxy) is 1. The normalized spacial score (nSPS) is 18.4. The Bertz CT molecular complexity index is 778. The van der Waals surface area contributed by atoms with Crippen LogP contribution in [0.2, 0.25) is 0 Å². The van der Waals surface area contributed by atoms with E-state index in [1.54, 1.807) is 11.0 Å². The molecule has 0 N–H and O–H groups in total. The first-order chi connectivity index (χ1) is 12.9. The van der Waals surface area contributed by atoms with Crippen molar-refractivity contribution in [3.8, 4) is 5.75 Å². The molecule has 3 rings (SSSR count). The van der Waals surface area contributed by atoms with E-state index >= 15 is 0 Å². The summed E-state index contributed by atoms with van der Waals surface area (Å²) in [4.78, 5) is 16.2. The van der Waals surface area contributed by atoms with E-state index in [1.165, 1.54) is 6.07 Å². The molecule has 27 heavy (non-hydrogen) atoms. The molecule has 0 unspecified atom stereocenters. The number of benzene rings is 1. The Morgan fingerprint density at radius 3 is 2.67 bits per heavy atom. The van der Waals surface area contributed by atoms with Crippen LogP contribution in [0.1, 0.15) is 36.9 Å². The summed E-state index contributed by atoms with van der Waals surface area (Å²) < 4.78 is 44.5. The van der Waals surface area contributed by atoms with Crippen molar-refractivity contribution in [2.24, 2.45) is 0 Å². The number of anilines is 1. The van der Waals surface area contributed by atoms with Crippen molar-refractivity contribution in [3.05, 3.63) is 53.7 Å². The maximum Gasteiger partial charge on any atom is 0.433 e. The molecule has 2 heterocycles. The van der Waals surface area contributed by atoms with Crippen LogP contribution in [0.3, 0.4) is 0 Å². The summed E-state index contributed by atoms with van der Waals surface area (Å²) >= 11 is 0. The van der Waals surface area contributed by atoms with Gasteiger partial charge in [-0.25, -0.2) is 4.98 Å². The van der Waals surface area contributed by atoms with Crippen molar-refractivity contribution in [1.82, 2.24) is 4.98 Å². The number of aldehydes is 1. The fraction of sp³-hybridized carbons (Fsp3) is 0.400. The molecule has 0 amide bonds. The van der Waals surface area contributed by atoms with Gasteiger partial charge in [-0.2, -0.15) is 13.2 Å². The van der Waals surface area contributed by atoms with Crippen molar-refractivity contribution in [2.45, 2.75) is 38.0 Å². The first-order valence-electron chi connectivity index (χ1n) is 8.86. The van der Waals surface area contributed by atoms with Crippen LogP contribution < -0.4 is 9.64 Å². The molecule has 0 aliphatic carbocycles. The van der Waals surface area contributed by atoms with Crippen LogP contribution in [0.5, 0.6) is 5.75 Å². The van der Waals surface area contributed by atoms with Crippen LogP contribution in [0.25, 0.3) is 0 Å². The van der Waals surface area contributed by atoms with Crippen LogP contribution >= 0.6 is 0 Å². The van der Waals surface area contributed by atoms with Gasteiger partial charge in [0.25, 0.3) is 0 Å². The maximum atomic E-state index is 12.8. The second kappa shape index (κ2) is 7.98. The molecule has 2 atom stereocenters. The molecule has 1 fully saturated rings. The van der Waals surface area contributed by atoms with E-state index in [9.17, 15) is 18.0 Å². The molecule has 4 nitrogen and oxygen atoms in total. The molecule has 0 spiro atoms. The quantitative estimate of drug-likeness (QED) is 0.697. The average molecular weight is 378 g/mol. The first kappa shape index (κ1) is 19.2. The second-order valence-corrected chi connectivity index (χ2v) is 6.73. The number of alkyl halides is 3. The molecule has 1 aliphatic heterocycles. The lowest BCUT2D eigenvalue weighted by Crippen LogP contribution is -2.25. The third-order valence-electron chi connectivity index (χ3n) is 4.70. The van der Waals surface area contributed by atoms with E-state index in [1.807, 2.05) is 31.2 Å². The van der Waals surface area contributed by atoms with E-state index in [0.29, 0.717) is 37.5 Å². The summed E-state index contributed by atoms with van der Waals surface area (Å²) in [5.41, 5.74) is 0.181. The highest BCUT2D eigenvalue weighted by atomic mass is 19.4. The van der Waals surface area contributed by atoms with Crippen LogP contribution in [0, 0.1) is 0 Å². The number of carbonyl (C=O) groups excluding carboxylic acids is 1. The van der Waals surface area contributed by atoms with Crippen LogP contribution in [0.15, 0.2) is 42.5 Å². The Morgan fingerprint density at radius 1 is 1.26 bits per heavy atom. The molecule has 7 heteroatoms. The third kappa shape index (κ3) is 4.78. The maximum absolute atomic E-state index is 12.8. The molecular formula is C20H21F3N2O2. The smallest absolute Gasteiger partial charge is 0.433 e. The molecular weight excluding hydrogens is 357 g/mol. The Kier molecular flexibility index (Phi) is 5.68. The van der Waals surface area contributed by atoms with Gasteiger partial charge < -0.3 is 14.4 Å². The number of hydrogen-bond acceptors (Lipinski definition) is 4. The van der Waals surface area contributed by atoms with Crippen LogP contribution in [0.4, 0.5) is 19.0 Å². The SMILES string of the molecule is C[C@H](CC=O)c1ccc(O[C@@H]2CCN(c3cccc(C(F)(F)F)n3)C2)cc1. The van der Waals surface area contributed by atoms with Gasteiger partial charge in [0.1, 0.15) is 29.7 Å². The molecule has 1 aliphatic rings. The van der Waals surface area contributed by atoms with E-state index in [0.717, 1.165) is 17.9 Å². The third-order valence-corrected chi connectivity index (χ3v) is 4.70. The summed E-state index contributed by atoms with van der Waals surface area (Å²) in [6.07, 6.45) is -2.47. The van der Waals surface area contributed by atoms with Gasteiger partial charge in [0, 0.05) is 19.4 Å². The summed E-state index contributed by atoms with van der Waals surface area (Å²) in [6, 6.07) is 11.5. The van der Waals surface area contributed by atoms with Gasteiger partial charge in [0.2, 0.25) is 0 Å². The summed E-state index contributed by atoms with van der Waals surface area (Å²) in [5.74, 6) is 1.18. The minimum absolute atomic E-state index is 0.111. The van der Waals surface area contributed by atoms with Gasteiger partial charge >= 0.3 is 6.18 Å². The van der Waals surface area contributed by atoms with E-state index in [-0.39, 0.29) is 12.0 Å². The lowest BCUT2D eigenvalue weighted by molar-refractivity contribution is -0.141. The van der Waals surface area contributed by atoms with E-state index < -0.39 is 11.9 Å². The lowest BCUT2D eigenvalue weighted by atomic mass is 9.98. The minimum atomic E-state index is -4.45. The standard InChI is InChI=1S/C20H21F3N2O2/c1-14(10-12-26)15-5-7-16(8-6-15)27-17-9-11-25(13-17)19-4-2-3-18(24-19)20(21,22)23/h2-8,12,14,17H,9-11,13H2,1H3/t14-,17-/m1/s1. The van der Waals surface area contributed by atoms with Crippen molar-refractivity contribution >= 4 is 12.1 Å². The summed E-state index contributed by atoms with van der Waals surface area (Å²) in [5, 5.41) is 0. The predicted molar refractivity (Wildman–Crippen MR) is 96.0 cm³/mol. The molecule has 0 saturated carbocycles. The van der Waals surface area contributed by atoms with Crippen LogP contribution in [-0.2, 0) is 11.0 Å². The summed E-state index contributed by atoms with van der Waals surface area (Å²) in [6.45, 7) is 3.06. The Morgan fingerprint density at radius 2 is 2.00 bits per heavy atom. The second-order valence-electron chi connectivity index (χ2n) is 6.73. The Balaban J connectivity index is 1.61. The van der Waals surface area contributed by atoms with Gasteiger partial charge in [-0.1, -0.05) is 25.1 Å². The van der Waals surface area contributed by atoms with E-state index in [4.69, 9.17) is 4.74 Å². The van der Waals surface area contributed by atoms with Crippen molar-refractivity contribution < 1.29 is 22.7 Å². The molecule has 144 valence electrons. The monoisotopic (exact) mass is 378 g/mol. The fourth-order valence-electron chi connectivity index (χ4n) is 3.14. The topological polar surface area (TPSA) is 42.4 Å². The van der Waals surface area contributed by atoms with Crippen molar-refractivity contribution in [2.75, 3.05) is 18.0 Å². The van der Waals surface area contributed by atoms with Crippen molar-refractivity contribution in [1.29, 1.82) is 0 Å². The van der Waals surface area contributed by atoms with Gasteiger partial charge in [-0.15, -0.1) is 0 Å². The first-order valence-corrected chi connectivity index (χ1v) is 8.86. The zero-order valence-electron chi connectivity index (χ0n) is 14.9. The number of rotatable bonds is 6. The molecule has 0 bridgehead atoms. The van der Waals surface area contributed by atoms with Gasteiger partial charge in [0.15, 0.2) is 0 Å². The highest BCUT2D eigenvalue weighted by molar-refractivity contribution is 5.51. The number of halogens is 3. The molecule has 2 aromatic rings. The summed E-state index contributed by atoms with van der Waals surface area (Å²) in [7, 11) is 0. The van der Waals surface area contributed by atoms with Gasteiger partial charge in [-0.3, -0.25) is 0 Å². The molecule has 1 aromatic heterocycles. The Hall–Kier alpha value is -2.57. The largest absolute Gasteiger partial charge is 0.489 e. The fourth-order valence-corrected chi connectivity index (χ4v) is 3.14. The number of aromatic nitrogens is 1. The predicted octanol–water partition coefficient (Wildman–Crippen LogP) is 4.45. The number of carbonyl (C=O) groups is 1. The molecule has 1 aromatic carbocycles. The number of nitrogens with zero attached hydrogens (tertiary/aromatic N) is 2. The van der Waals surface area contributed by atoms with E-state index in [2.05, 4.69) is 4.98 Å². The Labute approximate surface area is 156 Å². The van der Waals surface area contributed by atoms with Crippen LogP contribution in [-0.4, -0.2) is 30.5 Å². The number of hydrogen-bond donors (Lipinski definition) is 0. The number of pyridine rings is 1. The average Bonchev–Trinajstić information content (AvgIpc) is 3.10. The van der Waals surface area contributed by atoms with Gasteiger partial charge in [-0.05, 0) is 35.7 Å². The van der Waals surface area contributed by atoms with Gasteiger partial charge in [0.05, 0.1) is 6.54 Å². The highest BCUT2D eigenvalue weighted by Crippen LogP contribution is 2.30. The zero-order chi connectivity index (χ0) is 19.4.